The number of carboxylic acid groups (broad SMARTS) is 1. The van der Waals surface area contributed by atoms with E-state index < -0.39 is 29.6 Å². The first-order chi connectivity index (χ1) is 17.7. The lowest BCUT2D eigenvalue weighted by Crippen LogP contribution is -2.39. The number of fused-ring (bicyclic) bond motifs is 3. The maximum atomic E-state index is 13.6. The Bertz CT molecular complexity index is 1320. The molecule has 0 saturated carbocycles. The number of allylic oxidation sites excluding steroid dienone is 6. The van der Waals surface area contributed by atoms with E-state index in [9.17, 15) is 29.1 Å². The molecule has 4 aliphatic rings. The zero-order chi connectivity index (χ0) is 26.4. The number of carbonyl (C=O) groups excluding carboxylic acids is 4. The Hall–Kier alpha value is -3.81. The van der Waals surface area contributed by atoms with E-state index in [1.54, 1.807) is 31.2 Å². The van der Waals surface area contributed by atoms with Crippen molar-refractivity contribution in [3.8, 4) is 5.75 Å². The molecule has 1 aliphatic heterocycles. The highest BCUT2D eigenvalue weighted by Crippen LogP contribution is 2.56. The molecule has 1 saturated heterocycles. The van der Waals surface area contributed by atoms with Crippen molar-refractivity contribution >= 4 is 29.4 Å². The number of rotatable bonds is 7. The average Bonchev–Trinajstić information content (AvgIpc) is 3.11. The first kappa shape index (κ1) is 24.9. The number of aliphatic carboxylic acids is 1. The second-order valence-corrected chi connectivity index (χ2v) is 10.3. The van der Waals surface area contributed by atoms with Gasteiger partial charge in [-0.2, -0.15) is 0 Å². The molecule has 0 radical (unpaired) electrons. The number of carboxylic acids is 1. The van der Waals surface area contributed by atoms with Crippen LogP contribution in [0, 0.1) is 17.8 Å². The number of likely N-dealkylation sites (tertiary alicyclic amines) is 1. The molecule has 0 bridgehead atoms. The number of aromatic hydroxyl groups is 1. The number of hydrogen-bond donors (Lipinski definition) is 2. The lowest BCUT2D eigenvalue weighted by Gasteiger charge is -2.42. The molecule has 192 valence electrons. The molecule has 1 aromatic carbocycles. The zero-order valence-electron chi connectivity index (χ0n) is 20.6. The van der Waals surface area contributed by atoms with Gasteiger partial charge in [0.25, 0.3) is 0 Å². The van der Waals surface area contributed by atoms with E-state index in [-0.39, 0.29) is 48.5 Å². The van der Waals surface area contributed by atoms with Crippen LogP contribution in [0.25, 0.3) is 0 Å². The SMILES string of the molecule is CC1=CC(=O)C2=C(C1=O)C(c1ccccc1O)C1=CCC3C(=O)N(CCCCCC(=O)O)C(=O)C3C1C2. The van der Waals surface area contributed by atoms with Crippen LogP contribution in [0.1, 0.15) is 56.9 Å². The van der Waals surface area contributed by atoms with Crippen LogP contribution in [0.15, 0.2) is 58.7 Å². The summed E-state index contributed by atoms with van der Waals surface area (Å²) in [6.07, 6.45) is 5.47. The van der Waals surface area contributed by atoms with Crippen LogP contribution in [0.4, 0.5) is 0 Å². The predicted octanol–water partition coefficient (Wildman–Crippen LogP) is 3.47. The summed E-state index contributed by atoms with van der Waals surface area (Å²) in [5.74, 6) is -4.13. The number of amides is 2. The highest BCUT2D eigenvalue weighted by molar-refractivity contribution is 6.24. The van der Waals surface area contributed by atoms with Crippen LogP contribution < -0.4 is 0 Å². The quantitative estimate of drug-likeness (QED) is 0.252. The number of para-hydroxylation sites is 1. The fraction of sp³-hybridized carbons (Fsp3) is 0.414. The molecule has 4 unspecified atom stereocenters. The number of Topliss-reactive ketones (excluding diaryl/α,β-unsaturated/α-hetero) is 1. The number of phenolic OH excluding ortho intramolecular Hbond substituents is 1. The van der Waals surface area contributed by atoms with Gasteiger partial charge < -0.3 is 10.2 Å². The van der Waals surface area contributed by atoms with Gasteiger partial charge in [0.1, 0.15) is 5.75 Å². The van der Waals surface area contributed by atoms with E-state index in [1.807, 2.05) is 6.08 Å². The van der Waals surface area contributed by atoms with Crippen molar-refractivity contribution in [3.05, 3.63) is 64.3 Å². The maximum absolute atomic E-state index is 13.6. The first-order valence-electron chi connectivity index (χ1n) is 12.8. The number of imide groups is 1. The molecular weight excluding hydrogens is 474 g/mol. The summed E-state index contributed by atoms with van der Waals surface area (Å²) >= 11 is 0. The third-order valence-electron chi connectivity index (χ3n) is 8.18. The molecular formula is C29H29NO7. The molecule has 2 N–H and O–H groups in total. The molecule has 8 nitrogen and oxygen atoms in total. The number of ketones is 2. The van der Waals surface area contributed by atoms with Gasteiger partial charge in [-0.25, -0.2) is 0 Å². The number of carbonyl (C=O) groups is 5. The molecule has 0 aromatic heterocycles. The molecule has 1 heterocycles. The number of benzene rings is 1. The van der Waals surface area contributed by atoms with Crippen molar-refractivity contribution in [3.63, 3.8) is 0 Å². The third kappa shape index (κ3) is 4.14. The van der Waals surface area contributed by atoms with Gasteiger partial charge in [0, 0.05) is 41.2 Å². The van der Waals surface area contributed by atoms with Gasteiger partial charge in [0.2, 0.25) is 11.8 Å². The highest BCUT2D eigenvalue weighted by atomic mass is 16.4. The summed E-state index contributed by atoms with van der Waals surface area (Å²) in [5, 5.41) is 19.6. The van der Waals surface area contributed by atoms with E-state index in [1.165, 1.54) is 11.0 Å². The average molecular weight is 504 g/mol. The minimum atomic E-state index is -0.872. The highest BCUT2D eigenvalue weighted by Gasteiger charge is 2.56. The molecule has 1 fully saturated rings. The van der Waals surface area contributed by atoms with E-state index in [0.717, 1.165) is 5.57 Å². The molecule has 8 heteroatoms. The van der Waals surface area contributed by atoms with Crippen LogP contribution in [0.5, 0.6) is 5.75 Å². The molecule has 3 aliphatic carbocycles. The lowest BCUT2D eigenvalue weighted by molar-refractivity contribution is -0.141. The summed E-state index contributed by atoms with van der Waals surface area (Å²) < 4.78 is 0. The van der Waals surface area contributed by atoms with Gasteiger partial charge in [-0.15, -0.1) is 0 Å². The standard InChI is InChI=1S/C29H29NO7/c1-15-13-22(32)20-14-19-16(24(26(20)27(15)35)17-7-4-5-8-21(17)31)10-11-18-25(19)29(37)30(28(18)36)12-6-2-3-9-23(33)34/h4-5,7-8,10,13,18-19,24-25,31H,2-3,6,9,11-12,14H2,1H3,(H,33,34). The summed E-state index contributed by atoms with van der Waals surface area (Å²) in [5.41, 5.74) is 2.38. The topological polar surface area (TPSA) is 129 Å². The van der Waals surface area contributed by atoms with E-state index in [2.05, 4.69) is 0 Å². The Morgan fingerprint density at radius 1 is 1.03 bits per heavy atom. The summed E-state index contributed by atoms with van der Waals surface area (Å²) in [6.45, 7) is 1.85. The zero-order valence-corrected chi connectivity index (χ0v) is 20.6. The van der Waals surface area contributed by atoms with E-state index in [0.29, 0.717) is 48.0 Å². The Kier molecular flexibility index (Phi) is 6.43. The fourth-order valence-electron chi connectivity index (χ4n) is 6.46. The van der Waals surface area contributed by atoms with Crippen LogP contribution in [0.2, 0.25) is 0 Å². The predicted molar refractivity (Wildman–Crippen MR) is 132 cm³/mol. The molecule has 37 heavy (non-hydrogen) atoms. The van der Waals surface area contributed by atoms with Gasteiger partial charge in [-0.05, 0) is 50.7 Å². The van der Waals surface area contributed by atoms with Crippen LogP contribution >= 0.6 is 0 Å². The normalized spacial score (nSPS) is 27.0. The lowest BCUT2D eigenvalue weighted by atomic mass is 9.59. The van der Waals surface area contributed by atoms with Crippen LogP contribution in [-0.2, 0) is 24.0 Å². The number of unbranched alkanes of at least 4 members (excludes halogenated alkanes) is 2. The van der Waals surface area contributed by atoms with Crippen molar-refractivity contribution < 1.29 is 34.2 Å². The van der Waals surface area contributed by atoms with Crippen molar-refractivity contribution in [2.75, 3.05) is 6.54 Å². The maximum Gasteiger partial charge on any atom is 0.303 e. The van der Waals surface area contributed by atoms with Crippen molar-refractivity contribution in [1.82, 2.24) is 4.90 Å². The fourth-order valence-corrected chi connectivity index (χ4v) is 6.46. The smallest absolute Gasteiger partial charge is 0.303 e. The molecule has 0 spiro atoms. The van der Waals surface area contributed by atoms with Gasteiger partial charge in [0.05, 0.1) is 11.8 Å². The Morgan fingerprint density at radius 3 is 2.51 bits per heavy atom. The van der Waals surface area contributed by atoms with Gasteiger partial charge in [-0.1, -0.05) is 36.3 Å². The molecule has 4 atom stereocenters. The molecule has 5 rings (SSSR count). The van der Waals surface area contributed by atoms with E-state index >= 15 is 0 Å². The second kappa shape index (κ2) is 9.57. The van der Waals surface area contributed by atoms with Gasteiger partial charge >= 0.3 is 5.97 Å². The van der Waals surface area contributed by atoms with Crippen molar-refractivity contribution in [2.24, 2.45) is 17.8 Å². The Morgan fingerprint density at radius 2 is 1.78 bits per heavy atom. The molecule has 2 amide bonds. The third-order valence-corrected chi connectivity index (χ3v) is 8.18. The Labute approximate surface area is 214 Å². The summed E-state index contributed by atoms with van der Waals surface area (Å²) in [7, 11) is 0. The number of nitrogens with zero attached hydrogens (tertiary/aromatic N) is 1. The van der Waals surface area contributed by atoms with Crippen molar-refractivity contribution in [1.29, 1.82) is 0 Å². The van der Waals surface area contributed by atoms with E-state index in [4.69, 9.17) is 5.11 Å². The van der Waals surface area contributed by atoms with Gasteiger partial charge in [-0.3, -0.25) is 28.9 Å². The second-order valence-electron chi connectivity index (χ2n) is 10.3. The first-order valence-corrected chi connectivity index (χ1v) is 12.8. The van der Waals surface area contributed by atoms with Crippen LogP contribution in [-0.4, -0.2) is 51.0 Å². The molecule has 1 aromatic rings. The Balaban J connectivity index is 1.49. The summed E-state index contributed by atoms with van der Waals surface area (Å²) in [4.78, 5) is 65.3. The largest absolute Gasteiger partial charge is 0.508 e. The minimum Gasteiger partial charge on any atom is -0.508 e. The monoisotopic (exact) mass is 503 g/mol. The van der Waals surface area contributed by atoms with Crippen LogP contribution in [0.3, 0.4) is 0 Å². The van der Waals surface area contributed by atoms with Gasteiger partial charge in [0.15, 0.2) is 11.6 Å². The van der Waals surface area contributed by atoms with Crippen molar-refractivity contribution in [2.45, 2.75) is 51.4 Å². The number of hydrogen-bond acceptors (Lipinski definition) is 6. The number of phenols is 1. The minimum absolute atomic E-state index is 0.00675. The summed E-state index contributed by atoms with van der Waals surface area (Å²) in [6, 6.07) is 6.72.